The van der Waals surface area contributed by atoms with Gasteiger partial charge < -0.3 is 5.11 Å². The third kappa shape index (κ3) is 3.22. The van der Waals surface area contributed by atoms with Gasteiger partial charge in [0.1, 0.15) is 6.04 Å². The first-order chi connectivity index (χ1) is 8.89. The topological polar surface area (TPSA) is 49.3 Å². The van der Waals surface area contributed by atoms with Crippen LogP contribution in [0.3, 0.4) is 0 Å². The Labute approximate surface area is 112 Å². The molecule has 1 aromatic carbocycles. The number of halogens is 3. The quantitative estimate of drug-likeness (QED) is 0.879. The Morgan fingerprint density at radius 2 is 2.00 bits per heavy atom. The van der Waals surface area contributed by atoms with Gasteiger partial charge in [-0.2, -0.15) is 24.9 Å². The summed E-state index contributed by atoms with van der Waals surface area (Å²) >= 11 is 1.34. The average Bonchev–Trinajstić information content (AvgIpc) is 2.38. The molecule has 0 spiro atoms. The van der Waals surface area contributed by atoms with E-state index in [1.807, 2.05) is 0 Å². The van der Waals surface area contributed by atoms with Gasteiger partial charge in [-0.05, 0) is 11.6 Å². The largest absolute Gasteiger partial charge is 0.480 e. The summed E-state index contributed by atoms with van der Waals surface area (Å²) in [5.74, 6) is -0.252. The smallest absolute Gasteiger partial charge is 0.416 e. The molecule has 1 heterocycles. The van der Waals surface area contributed by atoms with Crippen molar-refractivity contribution < 1.29 is 23.1 Å². The predicted octanol–water partition coefficient (Wildman–Crippen LogP) is 2.54. The number of carboxylic acids is 1. The number of hydrogen-bond donors (Lipinski definition) is 2. The molecule has 1 aliphatic heterocycles. The van der Waals surface area contributed by atoms with Crippen LogP contribution in [0.5, 0.6) is 0 Å². The lowest BCUT2D eigenvalue weighted by Gasteiger charge is -2.30. The van der Waals surface area contributed by atoms with Crippen LogP contribution >= 0.6 is 11.8 Å². The molecule has 2 rings (SSSR count). The lowest BCUT2D eigenvalue weighted by Crippen LogP contribution is -2.45. The van der Waals surface area contributed by atoms with Gasteiger partial charge in [0.15, 0.2) is 0 Å². The number of carbonyl (C=O) groups is 1. The van der Waals surface area contributed by atoms with E-state index in [0.717, 1.165) is 6.07 Å². The molecule has 1 saturated heterocycles. The molecule has 1 aliphatic rings. The SMILES string of the molecule is O=C(O)C1CSCC(c2ccccc2C(F)(F)F)N1. The van der Waals surface area contributed by atoms with Gasteiger partial charge in [0, 0.05) is 17.5 Å². The number of hydrogen-bond acceptors (Lipinski definition) is 3. The molecule has 0 aromatic heterocycles. The van der Waals surface area contributed by atoms with E-state index in [1.165, 1.54) is 30.0 Å². The van der Waals surface area contributed by atoms with Crippen LogP contribution in [0.25, 0.3) is 0 Å². The van der Waals surface area contributed by atoms with E-state index in [9.17, 15) is 18.0 Å². The van der Waals surface area contributed by atoms with Crippen molar-refractivity contribution in [2.45, 2.75) is 18.3 Å². The third-order valence-corrected chi connectivity index (χ3v) is 4.05. The van der Waals surface area contributed by atoms with Crippen LogP contribution in [0.15, 0.2) is 24.3 Å². The van der Waals surface area contributed by atoms with Crippen LogP contribution in [0, 0.1) is 0 Å². The molecule has 7 heteroatoms. The molecule has 2 unspecified atom stereocenters. The van der Waals surface area contributed by atoms with Crippen molar-refractivity contribution in [3.05, 3.63) is 35.4 Å². The Bertz CT molecular complexity index is 478. The maximum Gasteiger partial charge on any atom is 0.416 e. The van der Waals surface area contributed by atoms with E-state index in [0.29, 0.717) is 11.5 Å². The van der Waals surface area contributed by atoms with Gasteiger partial charge in [0.05, 0.1) is 5.56 Å². The predicted molar refractivity (Wildman–Crippen MR) is 66.1 cm³/mol. The van der Waals surface area contributed by atoms with Crippen LogP contribution in [-0.2, 0) is 11.0 Å². The lowest BCUT2D eigenvalue weighted by molar-refractivity contribution is -0.139. The second-order valence-corrected chi connectivity index (χ2v) is 5.31. The first-order valence-corrected chi connectivity index (χ1v) is 6.78. The van der Waals surface area contributed by atoms with Crippen molar-refractivity contribution in [2.75, 3.05) is 11.5 Å². The van der Waals surface area contributed by atoms with Crippen molar-refractivity contribution in [1.29, 1.82) is 0 Å². The van der Waals surface area contributed by atoms with Crippen LogP contribution < -0.4 is 5.32 Å². The normalized spacial score (nSPS) is 24.2. The van der Waals surface area contributed by atoms with Gasteiger partial charge in [-0.3, -0.25) is 10.1 Å². The summed E-state index contributed by atoms with van der Waals surface area (Å²) in [6.07, 6.45) is -4.43. The molecule has 0 radical (unpaired) electrons. The fourth-order valence-electron chi connectivity index (χ4n) is 2.02. The zero-order valence-electron chi connectivity index (χ0n) is 9.78. The highest BCUT2D eigenvalue weighted by Gasteiger charge is 2.37. The zero-order valence-corrected chi connectivity index (χ0v) is 10.6. The molecule has 3 nitrogen and oxygen atoms in total. The molecule has 2 atom stereocenters. The van der Waals surface area contributed by atoms with Gasteiger partial charge >= 0.3 is 12.1 Å². The third-order valence-electron chi connectivity index (χ3n) is 2.91. The van der Waals surface area contributed by atoms with Crippen LogP contribution in [-0.4, -0.2) is 28.6 Å². The summed E-state index contributed by atoms with van der Waals surface area (Å²) < 4.78 is 38.7. The Morgan fingerprint density at radius 3 is 2.63 bits per heavy atom. The lowest BCUT2D eigenvalue weighted by atomic mass is 10.00. The minimum atomic E-state index is -4.43. The monoisotopic (exact) mass is 291 g/mol. The van der Waals surface area contributed by atoms with Crippen molar-refractivity contribution in [1.82, 2.24) is 5.32 Å². The zero-order chi connectivity index (χ0) is 14.0. The summed E-state index contributed by atoms with van der Waals surface area (Å²) in [6, 6.07) is 3.86. The van der Waals surface area contributed by atoms with Crippen molar-refractivity contribution >= 4 is 17.7 Å². The summed E-state index contributed by atoms with van der Waals surface area (Å²) in [5.41, 5.74) is -0.604. The highest BCUT2D eigenvalue weighted by atomic mass is 32.2. The van der Waals surface area contributed by atoms with E-state index in [4.69, 9.17) is 5.11 Å². The summed E-state index contributed by atoms with van der Waals surface area (Å²) in [4.78, 5) is 10.9. The molecule has 0 bridgehead atoms. The molecule has 0 amide bonds. The summed E-state index contributed by atoms with van der Waals surface area (Å²) in [7, 11) is 0. The van der Waals surface area contributed by atoms with E-state index in [1.54, 1.807) is 0 Å². The van der Waals surface area contributed by atoms with Crippen LogP contribution in [0.1, 0.15) is 17.2 Å². The Morgan fingerprint density at radius 1 is 1.32 bits per heavy atom. The van der Waals surface area contributed by atoms with Gasteiger partial charge in [-0.1, -0.05) is 18.2 Å². The first-order valence-electron chi connectivity index (χ1n) is 5.62. The van der Waals surface area contributed by atoms with E-state index in [-0.39, 0.29) is 5.56 Å². The Hall–Kier alpha value is -1.21. The molecule has 104 valence electrons. The Kier molecular flexibility index (Phi) is 4.05. The highest BCUT2D eigenvalue weighted by Crippen LogP contribution is 2.36. The van der Waals surface area contributed by atoms with Gasteiger partial charge in [0.2, 0.25) is 0 Å². The fraction of sp³-hybridized carbons (Fsp3) is 0.417. The molecule has 1 fully saturated rings. The number of alkyl halides is 3. The van der Waals surface area contributed by atoms with Gasteiger partial charge in [-0.25, -0.2) is 0 Å². The number of thioether (sulfide) groups is 1. The van der Waals surface area contributed by atoms with E-state index >= 15 is 0 Å². The minimum Gasteiger partial charge on any atom is -0.480 e. The number of aliphatic carboxylic acids is 1. The fourth-order valence-corrected chi connectivity index (χ4v) is 3.15. The minimum absolute atomic E-state index is 0.105. The molecular weight excluding hydrogens is 279 g/mol. The van der Waals surface area contributed by atoms with Crippen molar-refractivity contribution in [3.63, 3.8) is 0 Å². The molecular formula is C12H12F3NO2S. The first kappa shape index (κ1) is 14.2. The molecule has 19 heavy (non-hydrogen) atoms. The second kappa shape index (κ2) is 5.42. The summed E-state index contributed by atoms with van der Waals surface area (Å²) in [5, 5.41) is 11.7. The summed E-state index contributed by atoms with van der Waals surface area (Å²) in [6.45, 7) is 0. The number of nitrogens with one attached hydrogen (secondary N) is 1. The molecule has 2 N–H and O–H groups in total. The van der Waals surface area contributed by atoms with E-state index < -0.39 is 29.8 Å². The number of benzene rings is 1. The van der Waals surface area contributed by atoms with Gasteiger partial charge in [0.25, 0.3) is 0 Å². The standard InChI is InChI=1S/C12H12F3NO2S/c13-12(14,15)8-4-2-1-3-7(8)9-5-19-6-10(16-9)11(17)18/h1-4,9-10,16H,5-6H2,(H,17,18). The van der Waals surface area contributed by atoms with Crippen molar-refractivity contribution in [2.24, 2.45) is 0 Å². The average molecular weight is 291 g/mol. The maximum atomic E-state index is 12.9. The maximum absolute atomic E-state index is 12.9. The molecule has 1 aromatic rings. The Balaban J connectivity index is 2.29. The highest BCUT2D eigenvalue weighted by molar-refractivity contribution is 7.99. The van der Waals surface area contributed by atoms with Gasteiger partial charge in [-0.15, -0.1) is 0 Å². The number of rotatable bonds is 2. The van der Waals surface area contributed by atoms with E-state index in [2.05, 4.69) is 5.32 Å². The van der Waals surface area contributed by atoms with Crippen molar-refractivity contribution in [3.8, 4) is 0 Å². The van der Waals surface area contributed by atoms with Crippen LogP contribution in [0.4, 0.5) is 13.2 Å². The van der Waals surface area contributed by atoms with Crippen LogP contribution in [0.2, 0.25) is 0 Å². The molecule has 0 aliphatic carbocycles. The second-order valence-electron chi connectivity index (χ2n) is 4.23. The number of carboxylic acid groups (broad SMARTS) is 1. The molecule has 0 saturated carbocycles.